The van der Waals surface area contributed by atoms with Crippen LogP contribution in [0.1, 0.15) is 12.8 Å². The molecule has 0 saturated heterocycles. The standard InChI is InChI=1S/C6H10N2O4/c7-3(1-5(8)10)4(9)2-6(11)12/h3H,1-2,7H2,(H2,8,10)(H,11,12)/t3-/m0/s1. The summed E-state index contributed by atoms with van der Waals surface area (Å²) in [6, 6.07) is -1.10. The molecular weight excluding hydrogens is 164 g/mol. The van der Waals surface area contributed by atoms with Gasteiger partial charge >= 0.3 is 5.97 Å². The number of hydrogen-bond acceptors (Lipinski definition) is 4. The molecule has 0 fully saturated rings. The maximum Gasteiger partial charge on any atom is 0.310 e. The van der Waals surface area contributed by atoms with Crippen LogP contribution in [0.5, 0.6) is 0 Å². The summed E-state index contributed by atoms with van der Waals surface area (Å²) in [5.41, 5.74) is 9.90. The van der Waals surface area contributed by atoms with Gasteiger partial charge in [0.15, 0.2) is 5.78 Å². The second kappa shape index (κ2) is 4.45. The van der Waals surface area contributed by atoms with Crippen molar-refractivity contribution in [1.82, 2.24) is 0 Å². The SMILES string of the molecule is NC(=O)C[C@H](N)C(=O)CC(=O)O. The van der Waals surface area contributed by atoms with E-state index in [2.05, 4.69) is 0 Å². The fourth-order valence-corrected chi connectivity index (χ4v) is 0.611. The first-order valence-electron chi connectivity index (χ1n) is 3.22. The van der Waals surface area contributed by atoms with Gasteiger partial charge in [-0.15, -0.1) is 0 Å². The van der Waals surface area contributed by atoms with E-state index in [1.54, 1.807) is 0 Å². The minimum Gasteiger partial charge on any atom is -0.481 e. The predicted molar refractivity (Wildman–Crippen MR) is 39.0 cm³/mol. The van der Waals surface area contributed by atoms with Crippen LogP contribution in [0.4, 0.5) is 0 Å². The number of carboxylic acid groups (broad SMARTS) is 1. The van der Waals surface area contributed by atoms with Gasteiger partial charge in [-0.3, -0.25) is 14.4 Å². The topological polar surface area (TPSA) is 123 Å². The lowest BCUT2D eigenvalue weighted by Crippen LogP contribution is -2.36. The van der Waals surface area contributed by atoms with Crippen LogP contribution >= 0.6 is 0 Å². The Kier molecular flexibility index (Phi) is 3.92. The molecule has 0 saturated carbocycles. The molecule has 6 heteroatoms. The molecule has 6 nitrogen and oxygen atoms in total. The van der Waals surface area contributed by atoms with E-state index in [1.807, 2.05) is 0 Å². The summed E-state index contributed by atoms with van der Waals surface area (Å²) >= 11 is 0. The number of Topliss-reactive ketones (excluding diaryl/α,β-unsaturated/α-hetero) is 1. The molecule has 1 atom stereocenters. The van der Waals surface area contributed by atoms with Gasteiger partial charge in [0, 0.05) is 6.42 Å². The minimum atomic E-state index is -1.26. The van der Waals surface area contributed by atoms with Gasteiger partial charge in [-0.05, 0) is 0 Å². The third kappa shape index (κ3) is 4.40. The maximum absolute atomic E-state index is 10.8. The molecule has 0 aromatic carbocycles. The highest BCUT2D eigenvalue weighted by atomic mass is 16.4. The Labute approximate surface area is 68.5 Å². The molecule has 0 aromatic heterocycles. The molecule has 0 unspecified atom stereocenters. The first kappa shape index (κ1) is 10.6. The number of aliphatic carboxylic acids is 1. The van der Waals surface area contributed by atoms with Crippen LogP contribution in [-0.2, 0) is 14.4 Å². The van der Waals surface area contributed by atoms with Crippen LogP contribution in [0, 0.1) is 0 Å². The highest BCUT2D eigenvalue weighted by Crippen LogP contribution is 1.93. The number of nitrogens with two attached hydrogens (primary N) is 2. The van der Waals surface area contributed by atoms with Crippen molar-refractivity contribution in [2.45, 2.75) is 18.9 Å². The number of ketones is 1. The summed E-state index contributed by atoms with van der Waals surface area (Å²) in [7, 11) is 0. The van der Waals surface area contributed by atoms with Gasteiger partial charge in [-0.1, -0.05) is 0 Å². The van der Waals surface area contributed by atoms with Gasteiger partial charge in [-0.2, -0.15) is 0 Å². The van der Waals surface area contributed by atoms with Crippen LogP contribution < -0.4 is 11.5 Å². The molecule has 0 aliphatic heterocycles. The van der Waals surface area contributed by atoms with Gasteiger partial charge in [0.05, 0.1) is 6.04 Å². The number of carbonyl (C=O) groups is 3. The predicted octanol–water partition coefficient (Wildman–Crippen LogP) is -1.77. The molecule has 0 aliphatic carbocycles. The minimum absolute atomic E-state index is 0.313. The quantitative estimate of drug-likeness (QED) is 0.425. The maximum atomic E-state index is 10.8. The van der Waals surface area contributed by atoms with Gasteiger partial charge in [0.25, 0.3) is 0 Å². The van der Waals surface area contributed by atoms with Crippen molar-refractivity contribution < 1.29 is 19.5 Å². The highest BCUT2D eigenvalue weighted by molar-refractivity contribution is 5.99. The molecule has 0 radical (unpaired) electrons. The average molecular weight is 174 g/mol. The number of carboxylic acids is 1. The van der Waals surface area contributed by atoms with Gasteiger partial charge in [0.1, 0.15) is 6.42 Å². The van der Waals surface area contributed by atoms with Gasteiger partial charge < -0.3 is 16.6 Å². The van der Waals surface area contributed by atoms with E-state index in [1.165, 1.54) is 0 Å². The number of amides is 1. The van der Waals surface area contributed by atoms with E-state index in [-0.39, 0.29) is 6.42 Å². The van der Waals surface area contributed by atoms with E-state index in [4.69, 9.17) is 16.6 Å². The van der Waals surface area contributed by atoms with Crippen molar-refractivity contribution in [3.05, 3.63) is 0 Å². The molecule has 0 spiro atoms. The van der Waals surface area contributed by atoms with E-state index in [9.17, 15) is 14.4 Å². The summed E-state index contributed by atoms with van der Waals surface area (Å²) in [6.45, 7) is 0. The Morgan fingerprint density at radius 3 is 2.17 bits per heavy atom. The van der Waals surface area contributed by atoms with E-state index >= 15 is 0 Å². The van der Waals surface area contributed by atoms with Gasteiger partial charge in [-0.25, -0.2) is 0 Å². The Bertz CT molecular complexity index is 214. The number of rotatable bonds is 5. The fraction of sp³-hybridized carbons (Fsp3) is 0.500. The molecule has 0 aliphatic rings. The highest BCUT2D eigenvalue weighted by Gasteiger charge is 2.18. The molecule has 0 aromatic rings. The Hall–Kier alpha value is -1.43. The summed E-state index contributed by atoms with van der Waals surface area (Å²) in [4.78, 5) is 31.0. The Morgan fingerprint density at radius 1 is 1.33 bits per heavy atom. The molecule has 0 rings (SSSR count). The largest absolute Gasteiger partial charge is 0.481 e. The van der Waals surface area contributed by atoms with Crippen molar-refractivity contribution in [2.24, 2.45) is 11.5 Å². The smallest absolute Gasteiger partial charge is 0.310 e. The van der Waals surface area contributed by atoms with Crippen molar-refractivity contribution in [3.63, 3.8) is 0 Å². The number of hydrogen-bond donors (Lipinski definition) is 3. The van der Waals surface area contributed by atoms with E-state index in [0.717, 1.165) is 0 Å². The van der Waals surface area contributed by atoms with Crippen LogP contribution in [-0.4, -0.2) is 28.8 Å². The van der Waals surface area contributed by atoms with Crippen LogP contribution in [0.25, 0.3) is 0 Å². The summed E-state index contributed by atoms with van der Waals surface area (Å²) in [5, 5.41) is 8.17. The molecular formula is C6H10N2O4. The van der Waals surface area contributed by atoms with Crippen molar-refractivity contribution in [3.8, 4) is 0 Å². The lowest BCUT2D eigenvalue weighted by atomic mass is 10.1. The Balaban J connectivity index is 3.93. The normalized spacial score (nSPS) is 12.1. The van der Waals surface area contributed by atoms with Crippen molar-refractivity contribution in [2.75, 3.05) is 0 Å². The van der Waals surface area contributed by atoms with Crippen LogP contribution in [0.3, 0.4) is 0 Å². The molecule has 0 bridgehead atoms. The second-order valence-electron chi connectivity index (χ2n) is 2.31. The van der Waals surface area contributed by atoms with Crippen LogP contribution in [0.2, 0.25) is 0 Å². The van der Waals surface area contributed by atoms with Crippen molar-refractivity contribution in [1.29, 1.82) is 0 Å². The average Bonchev–Trinajstić information content (AvgIpc) is 1.84. The molecule has 5 N–H and O–H groups in total. The lowest BCUT2D eigenvalue weighted by molar-refractivity contribution is -0.141. The van der Waals surface area contributed by atoms with Crippen molar-refractivity contribution >= 4 is 17.7 Å². The zero-order chi connectivity index (χ0) is 9.72. The third-order valence-electron chi connectivity index (χ3n) is 1.16. The number of primary amides is 1. The van der Waals surface area contributed by atoms with Gasteiger partial charge in [0.2, 0.25) is 5.91 Å². The second-order valence-corrected chi connectivity index (χ2v) is 2.31. The summed E-state index contributed by atoms with van der Waals surface area (Å²) in [5.74, 6) is -2.68. The lowest BCUT2D eigenvalue weighted by Gasteiger charge is -2.04. The van der Waals surface area contributed by atoms with Crippen LogP contribution in [0.15, 0.2) is 0 Å². The third-order valence-corrected chi connectivity index (χ3v) is 1.16. The zero-order valence-electron chi connectivity index (χ0n) is 6.32. The number of carbonyl (C=O) groups excluding carboxylic acids is 2. The molecule has 1 amide bonds. The van der Waals surface area contributed by atoms with E-state index in [0.29, 0.717) is 0 Å². The first-order chi connectivity index (χ1) is 5.43. The zero-order valence-corrected chi connectivity index (χ0v) is 6.32. The fourth-order valence-electron chi connectivity index (χ4n) is 0.611. The van der Waals surface area contributed by atoms with E-state index < -0.39 is 30.1 Å². The summed E-state index contributed by atoms with van der Waals surface area (Å²) < 4.78 is 0. The summed E-state index contributed by atoms with van der Waals surface area (Å²) in [6.07, 6.45) is -0.986. The first-order valence-corrected chi connectivity index (χ1v) is 3.22. The molecule has 68 valence electrons. The monoisotopic (exact) mass is 174 g/mol. The molecule has 12 heavy (non-hydrogen) atoms. The molecule has 0 heterocycles. The Morgan fingerprint density at radius 2 is 1.83 bits per heavy atom.